The zero-order valence-corrected chi connectivity index (χ0v) is 11.3. The number of carbonyl (C=O) groups is 1. The van der Waals surface area contributed by atoms with Crippen LogP contribution in [0.1, 0.15) is 26.2 Å². The smallest absolute Gasteiger partial charge is 0.407 e. The molecule has 1 aliphatic rings. The van der Waals surface area contributed by atoms with Crippen LogP contribution >= 0.6 is 11.8 Å². The van der Waals surface area contributed by atoms with E-state index in [-0.39, 0.29) is 23.4 Å². The van der Waals surface area contributed by atoms with Gasteiger partial charge in [-0.15, -0.1) is 11.8 Å². The van der Waals surface area contributed by atoms with E-state index in [1.165, 1.54) is 7.11 Å². The summed E-state index contributed by atoms with van der Waals surface area (Å²) in [5, 5.41) is 12.3. The first-order chi connectivity index (χ1) is 8.09. The molecule has 17 heavy (non-hydrogen) atoms. The van der Waals surface area contributed by atoms with Crippen LogP contribution in [-0.2, 0) is 4.74 Å². The summed E-state index contributed by atoms with van der Waals surface area (Å²) >= 11 is 1.65. The Kier molecular flexibility index (Phi) is 5.55. The molecule has 0 aromatic rings. The third-order valence-electron chi connectivity index (χ3n) is 3.30. The number of aliphatic hydroxyl groups excluding tert-OH is 1. The molecule has 5 nitrogen and oxygen atoms in total. The standard InChI is InChI=1S/C11H22N2O3S/c1-3-4-5-11(7-14)9(12)8(6-17-11)13-10(15)16-2/h8-9,14H,3-7,12H2,1-2H3,(H,13,15)/t8-,9-,11+/m1/s1. The van der Waals surface area contributed by atoms with Gasteiger partial charge >= 0.3 is 6.09 Å². The van der Waals surface area contributed by atoms with E-state index in [0.29, 0.717) is 0 Å². The largest absolute Gasteiger partial charge is 0.453 e. The fraction of sp³-hybridized carbons (Fsp3) is 0.909. The van der Waals surface area contributed by atoms with Gasteiger partial charge in [0.05, 0.1) is 24.5 Å². The molecular formula is C11H22N2O3S. The number of carbonyl (C=O) groups excluding carboxylic acids is 1. The van der Waals surface area contributed by atoms with Crippen molar-refractivity contribution < 1.29 is 14.6 Å². The van der Waals surface area contributed by atoms with Gasteiger partial charge in [0.25, 0.3) is 0 Å². The molecule has 0 bridgehead atoms. The quantitative estimate of drug-likeness (QED) is 0.679. The van der Waals surface area contributed by atoms with Gasteiger partial charge < -0.3 is 20.9 Å². The molecule has 3 atom stereocenters. The average Bonchev–Trinajstić information content (AvgIpc) is 2.65. The molecule has 1 aliphatic heterocycles. The summed E-state index contributed by atoms with van der Waals surface area (Å²) in [7, 11) is 1.33. The van der Waals surface area contributed by atoms with Crippen LogP contribution < -0.4 is 11.1 Å². The summed E-state index contributed by atoms with van der Waals surface area (Å²) in [6.45, 7) is 2.17. The van der Waals surface area contributed by atoms with Crippen molar-refractivity contribution in [3.63, 3.8) is 0 Å². The minimum atomic E-state index is -0.463. The maximum atomic E-state index is 11.2. The fourth-order valence-corrected chi connectivity index (χ4v) is 3.65. The highest BCUT2D eigenvalue weighted by Gasteiger charge is 2.47. The van der Waals surface area contributed by atoms with E-state index in [2.05, 4.69) is 17.0 Å². The van der Waals surface area contributed by atoms with Gasteiger partial charge in [0, 0.05) is 11.8 Å². The van der Waals surface area contributed by atoms with Crippen LogP contribution in [0.15, 0.2) is 0 Å². The number of thioether (sulfide) groups is 1. The Morgan fingerprint density at radius 1 is 1.71 bits per heavy atom. The summed E-state index contributed by atoms with van der Waals surface area (Å²) in [4.78, 5) is 11.2. The number of hydrogen-bond donors (Lipinski definition) is 3. The summed E-state index contributed by atoms with van der Waals surface area (Å²) in [5.41, 5.74) is 6.16. The topological polar surface area (TPSA) is 84.6 Å². The maximum absolute atomic E-state index is 11.2. The Morgan fingerprint density at radius 2 is 2.41 bits per heavy atom. The fourth-order valence-electron chi connectivity index (χ4n) is 2.11. The predicted molar refractivity (Wildman–Crippen MR) is 69.1 cm³/mol. The molecule has 1 amide bonds. The lowest BCUT2D eigenvalue weighted by molar-refractivity contribution is 0.161. The highest BCUT2D eigenvalue weighted by molar-refractivity contribution is 8.01. The molecular weight excluding hydrogens is 240 g/mol. The molecule has 0 saturated carbocycles. The minimum Gasteiger partial charge on any atom is -0.453 e. The Balaban J connectivity index is 2.62. The van der Waals surface area contributed by atoms with Gasteiger partial charge in [-0.3, -0.25) is 0 Å². The molecule has 0 aromatic heterocycles. The number of methoxy groups -OCH3 is 1. The number of rotatable bonds is 5. The van der Waals surface area contributed by atoms with Crippen LogP contribution in [0, 0.1) is 0 Å². The van der Waals surface area contributed by atoms with Crippen LogP contribution in [0.5, 0.6) is 0 Å². The number of alkyl carbamates (subject to hydrolysis) is 1. The second-order valence-electron chi connectivity index (χ2n) is 4.41. The van der Waals surface area contributed by atoms with Crippen LogP contribution in [-0.4, -0.2) is 47.5 Å². The van der Waals surface area contributed by atoms with Gasteiger partial charge in [-0.25, -0.2) is 4.79 Å². The lowest BCUT2D eigenvalue weighted by atomic mass is 9.90. The first-order valence-corrected chi connectivity index (χ1v) is 6.93. The highest BCUT2D eigenvalue weighted by Crippen LogP contribution is 2.41. The zero-order chi connectivity index (χ0) is 12.9. The van der Waals surface area contributed by atoms with Crippen molar-refractivity contribution in [2.24, 2.45) is 5.73 Å². The summed E-state index contributed by atoms with van der Waals surface area (Å²) in [6, 6.07) is -0.361. The number of hydrogen-bond acceptors (Lipinski definition) is 5. The Morgan fingerprint density at radius 3 is 2.94 bits per heavy atom. The number of amides is 1. The SMILES string of the molecule is CCCC[C@@]1(CO)SC[C@@H](NC(=O)OC)[C@H]1N. The number of nitrogens with one attached hydrogen (secondary N) is 1. The molecule has 0 aromatic carbocycles. The summed E-state index contributed by atoms with van der Waals surface area (Å²) < 4.78 is 4.25. The molecule has 0 radical (unpaired) electrons. The van der Waals surface area contributed by atoms with Crippen molar-refractivity contribution in [3.8, 4) is 0 Å². The van der Waals surface area contributed by atoms with E-state index in [1.54, 1.807) is 11.8 Å². The van der Waals surface area contributed by atoms with Crippen LogP contribution in [0.25, 0.3) is 0 Å². The van der Waals surface area contributed by atoms with Gasteiger partial charge in [0.15, 0.2) is 0 Å². The van der Waals surface area contributed by atoms with E-state index >= 15 is 0 Å². The monoisotopic (exact) mass is 262 g/mol. The van der Waals surface area contributed by atoms with E-state index in [9.17, 15) is 9.90 Å². The molecule has 4 N–H and O–H groups in total. The van der Waals surface area contributed by atoms with Crippen molar-refractivity contribution >= 4 is 17.9 Å². The number of ether oxygens (including phenoxy) is 1. The molecule has 1 fully saturated rings. The van der Waals surface area contributed by atoms with Gasteiger partial charge in [-0.2, -0.15) is 0 Å². The van der Waals surface area contributed by atoms with Crippen LogP contribution in [0.4, 0.5) is 4.79 Å². The van der Waals surface area contributed by atoms with E-state index in [0.717, 1.165) is 25.0 Å². The summed E-state index contributed by atoms with van der Waals surface area (Å²) in [6.07, 6.45) is 2.52. The zero-order valence-electron chi connectivity index (χ0n) is 10.4. The average molecular weight is 262 g/mol. The highest BCUT2D eigenvalue weighted by atomic mass is 32.2. The van der Waals surface area contributed by atoms with Crippen LogP contribution in [0.2, 0.25) is 0 Å². The molecule has 1 rings (SSSR count). The second kappa shape index (κ2) is 6.47. The van der Waals surface area contributed by atoms with E-state index in [4.69, 9.17) is 5.73 Å². The van der Waals surface area contributed by atoms with Crippen LogP contribution in [0.3, 0.4) is 0 Å². The van der Waals surface area contributed by atoms with Crippen molar-refractivity contribution in [2.45, 2.75) is 43.0 Å². The first-order valence-electron chi connectivity index (χ1n) is 5.94. The predicted octanol–water partition coefficient (Wildman–Crippen LogP) is 0.706. The van der Waals surface area contributed by atoms with Crippen molar-refractivity contribution in [3.05, 3.63) is 0 Å². The van der Waals surface area contributed by atoms with Crippen molar-refractivity contribution in [2.75, 3.05) is 19.5 Å². The van der Waals surface area contributed by atoms with Gasteiger partial charge in [0.1, 0.15) is 0 Å². The molecule has 6 heteroatoms. The van der Waals surface area contributed by atoms with Gasteiger partial charge in [0.2, 0.25) is 0 Å². The molecule has 0 unspecified atom stereocenters. The van der Waals surface area contributed by atoms with Crippen molar-refractivity contribution in [1.29, 1.82) is 0 Å². The van der Waals surface area contributed by atoms with E-state index < -0.39 is 6.09 Å². The third kappa shape index (κ3) is 3.26. The van der Waals surface area contributed by atoms with Crippen molar-refractivity contribution in [1.82, 2.24) is 5.32 Å². The maximum Gasteiger partial charge on any atom is 0.407 e. The second-order valence-corrected chi connectivity index (χ2v) is 5.84. The van der Waals surface area contributed by atoms with Gasteiger partial charge in [-0.05, 0) is 6.42 Å². The van der Waals surface area contributed by atoms with Gasteiger partial charge in [-0.1, -0.05) is 19.8 Å². The Labute approximate surface area is 106 Å². The lowest BCUT2D eigenvalue weighted by Crippen LogP contribution is -2.55. The number of aliphatic hydroxyl groups is 1. The normalized spacial score (nSPS) is 32.5. The number of unbranched alkanes of at least 4 members (excludes halogenated alkanes) is 1. The Hall–Kier alpha value is -0.460. The lowest BCUT2D eigenvalue weighted by Gasteiger charge is -2.32. The molecule has 1 saturated heterocycles. The van der Waals surface area contributed by atoms with E-state index in [1.807, 2.05) is 0 Å². The molecule has 0 spiro atoms. The number of nitrogens with two attached hydrogens (primary N) is 1. The molecule has 0 aliphatic carbocycles. The molecule has 100 valence electrons. The summed E-state index contributed by atoms with van der Waals surface area (Å²) in [5.74, 6) is 0.723. The third-order valence-corrected chi connectivity index (χ3v) is 5.01. The molecule has 1 heterocycles. The first kappa shape index (κ1) is 14.6. The Bertz CT molecular complexity index is 265. The minimum absolute atomic E-state index is 0.0538.